The predicted molar refractivity (Wildman–Crippen MR) is 63.9 cm³/mol. The van der Waals surface area contributed by atoms with Crippen LogP contribution in [0.5, 0.6) is 0 Å². The van der Waals surface area contributed by atoms with E-state index < -0.39 is 0 Å². The van der Waals surface area contributed by atoms with Crippen molar-refractivity contribution in [1.82, 2.24) is 9.80 Å². The number of likely N-dealkylation sites (tertiary alicyclic amines) is 2. The maximum absolute atomic E-state index is 4.49. The number of hydrogen-bond acceptors (Lipinski definition) is 3. The molecule has 0 aromatic heterocycles. The standard InChI is InChI=1S/C11H22N2S/c1-10(14)12-8-4-11(5-9-12)13-6-2-3-7-13/h10-11,14H,2-9H2,1H3/t10-/m1/s1. The summed E-state index contributed by atoms with van der Waals surface area (Å²) >= 11 is 4.49. The van der Waals surface area contributed by atoms with E-state index in [1.54, 1.807) is 0 Å². The van der Waals surface area contributed by atoms with Gasteiger partial charge in [0, 0.05) is 24.5 Å². The molecule has 0 saturated carbocycles. The molecular formula is C11H22N2S. The third kappa shape index (κ3) is 2.44. The molecule has 2 heterocycles. The summed E-state index contributed by atoms with van der Waals surface area (Å²) in [6.07, 6.45) is 5.54. The fourth-order valence-electron chi connectivity index (χ4n) is 2.73. The van der Waals surface area contributed by atoms with Crippen molar-refractivity contribution in [3.8, 4) is 0 Å². The van der Waals surface area contributed by atoms with Gasteiger partial charge in [-0.25, -0.2) is 0 Å². The minimum atomic E-state index is 0.439. The van der Waals surface area contributed by atoms with E-state index in [1.807, 2.05) is 0 Å². The second-order valence-corrected chi connectivity index (χ2v) is 5.39. The van der Waals surface area contributed by atoms with Gasteiger partial charge in [-0.15, -0.1) is 0 Å². The van der Waals surface area contributed by atoms with Gasteiger partial charge >= 0.3 is 0 Å². The highest BCUT2D eigenvalue weighted by molar-refractivity contribution is 7.80. The van der Waals surface area contributed by atoms with Crippen LogP contribution in [0.4, 0.5) is 0 Å². The summed E-state index contributed by atoms with van der Waals surface area (Å²) in [6, 6.07) is 0.876. The molecule has 0 bridgehead atoms. The summed E-state index contributed by atoms with van der Waals surface area (Å²) in [7, 11) is 0. The van der Waals surface area contributed by atoms with Gasteiger partial charge in [0.05, 0.1) is 0 Å². The Labute approximate surface area is 93.1 Å². The molecule has 0 aromatic rings. The molecule has 2 aliphatic rings. The van der Waals surface area contributed by atoms with Gasteiger partial charge in [-0.1, -0.05) is 0 Å². The molecule has 3 heteroatoms. The van der Waals surface area contributed by atoms with Gasteiger partial charge in [-0.2, -0.15) is 12.6 Å². The van der Waals surface area contributed by atoms with Crippen LogP contribution in [-0.2, 0) is 0 Å². The third-order valence-corrected chi connectivity index (χ3v) is 4.01. The summed E-state index contributed by atoms with van der Waals surface area (Å²) < 4.78 is 0. The molecular weight excluding hydrogens is 192 g/mol. The fraction of sp³-hybridized carbons (Fsp3) is 1.00. The highest BCUT2D eigenvalue weighted by Crippen LogP contribution is 2.22. The first-order valence-electron chi connectivity index (χ1n) is 5.93. The van der Waals surface area contributed by atoms with Gasteiger partial charge in [0.25, 0.3) is 0 Å². The van der Waals surface area contributed by atoms with Crippen molar-refractivity contribution in [1.29, 1.82) is 0 Å². The zero-order valence-corrected chi connectivity index (χ0v) is 10.0. The Hall–Kier alpha value is 0.270. The molecule has 1 atom stereocenters. The zero-order valence-electron chi connectivity index (χ0n) is 9.15. The Morgan fingerprint density at radius 1 is 1.07 bits per heavy atom. The molecule has 0 aliphatic carbocycles. The Morgan fingerprint density at radius 3 is 2.14 bits per heavy atom. The smallest absolute Gasteiger partial charge is 0.0499 e. The molecule has 2 saturated heterocycles. The SMILES string of the molecule is C[C@@H](S)N1CCC(N2CCCC2)CC1. The van der Waals surface area contributed by atoms with Gasteiger partial charge in [-0.3, -0.25) is 4.90 Å². The number of piperidine rings is 1. The first-order chi connectivity index (χ1) is 6.77. The molecule has 0 unspecified atom stereocenters. The van der Waals surface area contributed by atoms with Crippen LogP contribution in [0.25, 0.3) is 0 Å². The molecule has 2 rings (SSSR count). The Morgan fingerprint density at radius 2 is 1.64 bits per heavy atom. The van der Waals surface area contributed by atoms with E-state index >= 15 is 0 Å². The molecule has 2 aliphatic heterocycles. The van der Waals surface area contributed by atoms with Crippen LogP contribution >= 0.6 is 12.6 Å². The van der Waals surface area contributed by atoms with Crippen LogP contribution in [0.2, 0.25) is 0 Å². The van der Waals surface area contributed by atoms with E-state index in [9.17, 15) is 0 Å². The lowest BCUT2D eigenvalue weighted by Gasteiger charge is -2.38. The quantitative estimate of drug-likeness (QED) is 0.701. The summed E-state index contributed by atoms with van der Waals surface area (Å²) in [5.74, 6) is 0. The highest BCUT2D eigenvalue weighted by atomic mass is 32.1. The van der Waals surface area contributed by atoms with Crippen molar-refractivity contribution in [2.24, 2.45) is 0 Å². The highest BCUT2D eigenvalue weighted by Gasteiger charge is 2.26. The monoisotopic (exact) mass is 214 g/mol. The zero-order chi connectivity index (χ0) is 9.97. The summed E-state index contributed by atoms with van der Waals surface area (Å²) in [6.45, 7) is 7.36. The molecule has 14 heavy (non-hydrogen) atoms. The first kappa shape index (κ1) is 10.8. The van der Waals surface area contributed by atoms with Gasteiger partial charge in [0.2, 0.25) is 0 Å². The summed E-state index contributed by atoms with van der Waals surface area (Å²) in [5.41, 5.74) is 0. The molecule has 2 fully saturated rings. The summed E-state index contributed by atoms with van der Waals surface area (Å²) in [5, 5.41) is 0.439. The topological polar surface area (TPSA) is 6.48 Å². The van der Waals surface area contributed by atoms with E-state index in [-0.39, 0.29) is 0 Å². The van der Waals surface area contributed by atoms with Crippen molar-refractivity contribution in [3.05, 3.63) is 0 Å². The lowest BCUT2D eigenvalue weighted by atomic mass is 10.0. The van der Waals surface area contributed by atoms with Crippen LogP contribution in [0.15, 0.2) is 0 Å². The Bertz CT molecular complexity index is 170. The van der Waals surface area contributed by atoms with Gasteiger partial charge < -0.3 is 4.90 Å². The fourth-order valence-corrected chi connectivity index (χ4v) is 2.96. The lowest BCUT2D eigenvalue weighted by molar-refractivity contribution is 0.124. The molecule has 0 N–H and O–H groups in total. The normalized spacial score (nSPS) is 29.6. The molecule has 0 radical (unpaired) electrons. The van der Waals surface area contributed by atoms with E-state index in [0.29, 0.717) is 5.37 Å². The van der Waals surface area contributed by atoms with Crippen molar-refractivity contribution in [2.75, 3.05) is 26.2 Å². The number of thiol groups is 1. The Balaban J connectivity index is 1.77. The van der Waals surface area contributed by atoms with E-state index in [0.717, 1.165) is 6.04 Å². The molecule has 0 spiro atoms. The van der Waals surface area contributed by atoms with E-state index in [2.05, 4.69) is 29.4 Å². The molecule has 0 amide bonds. The first-order valence-corrected chi connectivity index (χ1v) is 6.45. The van der Waals surface area contributed by atoms with E-state index in [1.165, 1.54) is 51.9 Å². The maximum Gasteiger partial charge on any atom is 0.0499 e. The van der Waals surface area contributed by atoms with Gasteiger partial charge in [-0.05, 0) is 45.7 Å². The number of nitrogens with zero attached hydrogens (tertiary/aromatic N) is 2. The molecule has 82 valence electrons. The number of hydrogen-bond donors (Lipinski definition) is 1. The average Bonchev–Trinajstić information content (AvgIpc) is 2.71. The van der Waals surface area contributed by atoms with Crippen LogP contribution in [0.1, 0.15) is 32.6 Å². The lowest BCUT2D eigenvalue weighted by Crippen LogP contribution is -2.45. The second-order valence-electron chi connectivity index (χ2n) is 4.64. The van der Waals surface area contributed by atoms with Crippen LogP contribution in [0.3, 0.4) is 0 Å². The Kier molecular flexibility index (Phi) is 3.74. The predicted octanol–water partition coefficient (Wildman–Crippen LogP) is 1.82. The summed E-state index contributed by atoms with van der Waals surface area (Å²) in [4.78, 5) is 5.18. The minimum Gasteiger partial charge on any atom is -0.300 e. The van der Waals surface area contributed by atoms with Crippen molar-refractivity contribution >= 4 is 12.6 Å². The van der Waals surface area contributed by atoms with Crippen molar-refractivity contribution in [3.63, 3.8) is 0 Å². The largest absolute Gasteiger partial charge is 0.300 e. The van der Waals surface area contributed by atoms with Crippen molar-refractivity contribution in [2.45, 2.75) is 44.0 Å². The van der Waals surface area contributed by atoms with Crippen LogP contribution < -0.4 is 0 Å². The molecule has 2 nitrogen and oxygen atoms in total. The van der Waals surface area contributed by atoms with Gasteiger partial charge in [0.15, 0.2) is 0 Å². The molecule has 0 aromatic carbocycles. The van der Waals surface area contributed by atoms with Crippen molar-refractivity contribution < 1.29 is 0 Å². The van der Waals surface area contributed by atoms with Crippen LogP contribution in [0, 0.1) is 0 Å². The van der Waals surface area contributed by atoms with E-state index in [4.69, 9.17) is 0 Å². The van der Waals surface area contributed by atoms with Gasteiger partial charge in [0.1, 0.15) is 0 Å². The maximum atomic E-state index is 4.49. The third-order valence-electron chi connectivity index (χ3n) is 3.68. The number of rotatable bonds is 2. The van der Waals surface area contributed by atoms with Crippen LogP contribution in [-0.4, -0.2) is 47.4 Å². The second kappa shape index (κ2) is 4.86. The average molecular weight is 214 g/mol. The minimum absolute atomic E-state index is 0.439.